The molecule has 72 valence electrons. The van der Waals surface area contributed by atoms with Gasteiger partial charge in [-0.1, -0.05) is 26.7 Å². The first-order valence-electron chi connectivity index (χ1n) is 5.30. The quantitative estimate of drug-likeness (QED) is 0.586. The average Bonchev–Trinajstić information content (AvgIpc) is 2.06. The Hall–Kier alpha value is 0.290. The molecule has 0 saturated heterocycles. The van der Waals surface area contributed by atoms with E-state index in [4.69, 9.17) is 11.6 Å². The minimum absolute atomic E-state index is 0.858. The standard InChI is InChI=1S/C11H21Cl/c1-9(2)11-5-3-10(4-6-11)7-8-12/h9-11H,3-8H2,1-2H3. The lowest BCUT2D eigenvalue weighted by molar-refractivity contribution is 0.221. The van der Waals surface area contributed by atoms with E-state index in [1.54, 1.807) is 0 Å². The van der Waals surface area contributed by atoms with Crippen LogP contribution in [-0.2, 0) is 0 Å². The Bertz CT molecular complexity index is 112. The summed E-state index contributed by atoms with van der Waals surface area (Å²) in [5.74, 6) is 3.69. The van der Waals surface area contributed by atoms with Crippen LogP contribution in [0.4, 0.5) is 0 Å². The number of rotatable bonds is 3. The van der Waals surface area contributed by atoms with Gasteiger partial charge in [-0.2, -0.15) is 0 Å². The first-order chi connectivity index (χ1) is 5.74. The van der Waals surface area contributed by atoms with E-state index in [1.165, 1.54) is 32.1 Å². The second-order valence-electron chi connectivity index (χ2n) is 4.50. The third-order valence-corrected chi connectivity index (χ3v) is 3.57. The molecule has 12 heavy (non-hydrogen) atoms. The molecule has 1 fully saturated rings. The van der Waals surface area contributed by atoms with Crippen molar-refractivity contribution in [2.45, 2.75) is 46.0 Å². The van der Waals surface area contributed by atoms with E-state index < -0.39 is 0 Å². The highest BCUT2D eigenvalue weighted by molar-refractivity contribution is 6.17. The largest absolute Gasteiger partial charge is 0.127 e. The molecular weight excluding hydrogens is 168 g/mol. The molecule has 0 nitrogen and oxygen atoms in total. The molecule has 1 saturated carbocycles. The topological polar surface area (TPSA) is 0 Å². The molecule has 0 heterocycles. The summed E-state index contributed by atoms with van der Waals surface area (Å²) in [6.07, 6.45) is 6.98. The van der Waals surface area contributed by atoms with Crippen molar-refractivity contribution >= 4 is 11.6 Å². The molecule has 1 aliphatic rings. The second-order valence-corrected chi connectivity index (χ2v) is 4.88. The summed E-state index contributed by atoms with van der Waals surface area (Å²) in [6.45, 7) is 4.71. The lowest BCUT2D eigenvalue weighted by Gasteiger charge is -2.30. The van der Waals surface area contributed by atoms with Gasteiger partial charge in [0.15, 0.2) is 0 Å². The maximum atomic E-state index is 5.73. The number of hydrogen-bond donors (Lipinski definition) is 0. The summed E-state index contributed by atoms with van der Waals surface area (Å²) in [5.41, 5.74) is 0. The highest BCUT2D eigenvalue weighted by Gasteiger charge is 2.22. The predicted octanol–water partition coefficient (Wildman–Crippen LogP) is 4.08. The van der Waals surface area contributed by atoms with E-state index in [1.807, 2.05) is 0 Å². The summed E-state index contributed by atoms with van der Waals surface area (Å²) in [6, 6.07) is 0. The Labute approximate surface area is 81.7 Å². The van der Waals surface area contributed by atoms with Gasteiger partial charge in [-0.05, 0) is 37.0 Å². The zero-order valence-electron chi connectivity index (χ0n) is 8.35. The summed E-state index contributed by atoms with van der Waals surface area (Å²) in [7, 11) is 0. The van der Waals surface area contributed by atoms with Crippen molar-refractivity contribution in [2.24, 2.45) is 17.8 Å². The van der Waals surface area contributed by atoms with Crippen LogP contribution in [0.25, 0.3) is 0 Å². The van der Waals surface area contributed by atoms with Crippen LogP contribution in [0.1, 0.15) is 46.0 Å². The normalized spacial score (nSPS) is 31.0. The van der Waals surface area contributed by atoms with Gasteiger partial charge in [0.05, 0.1) is 0 Å². The second kappa shape index (κ2) is 5.11. The molecule has 0 spiro atoms. The molecule has 0 aromatic carbocycles. The van der Waals surface area contributed by atoms with Crippen molar-refractivity contribution in [3.8, 4) is 0 Å². The van der Waals surface area contributed by atoms with Crippen LogP contribution < -0.4 is 0 Å². The van der Waals surface area contributed by atoms with Crippen molar-refractivity contribution < 1.29 is 0 Å². The zero-order chi connectivity index (χ0) is 8.97. The van der Waals surface area contributed by atoms with Gasteiger partial charge in [-0.3, -0.25) is 0 Å². The van der Waals surface area contributed by atoms with Gasteiger partial charge in [0.1, 0.15) is 0 Å². The summed E-state index contributed by atoms with van der Waals surface area (Å²) < 4.78 is 0. The molecule has 0 bridgehead atoms. The molecule has 0 aliphatic heterocycles. The summed E-state index contributed by atoms with van der Waals surface area (Å²) in [4.78, 5) is 0. The zero-order valence-corrected chi connectivity index (χ0v) is 9.11. The van der Waals surface area contributed by atoms with Crippen LogP contribution in [0.5, 0.6) is 0 Å². The molecule has 1 heteroatoms. The fourth-order valence-corrected chi connectivity index (χ4v) is 2.61. The Morgan fingerprint density at radius 3 is 2.17 bits per heavy atom. The first kappa shape index (κ1) is 10.4. The van der Waals surface area contributed by atoms with Crippen LogP contribution in [0, 0.1) is 17.8 Å². The Morgan fingerprint density at radius 1 is 1.17 bits per heavy atom. The fraction of sp³-hybridized carbons (Fsp3) is 1.00. The average molecular weight is 189 g/mol. The van der Waals surface area contributed by atoms with Gasteiger partial charge in [0.25, 0.3) is 0 Å². The van der Waals surface area contributed by atoms with E-state index in [0.717, 1.165) is 23.6 Å². The SMILES string of the molecule is CC(C)C1CCC(CCCl)CC1. The molecular formula is C11H21Cl. The molecule has 0 aromatic heterocycles. The number of halogens is 1. The highest BCUT2D eigenvalue weighted by atomic mass is 35.5. The maximum Gasteiger partial charge on any atom is 0.0226 e. The van der Waals surface area contributed by atoms with Gasteiger partial charge in [0, 0.05) is 5.88 Å². The van der Waals surface area contributed by atoms with Crippen molar-refractivity contribution in [1.82, 2.24) is 0 Å². The minimum atomic E-state index is 0.858. The molecule has 1 rings (SSSR count). The monoisotopic (exact) mass is 188 g/mol. The molecule has 0 amide bonds. The summed E-state index contributed by atoms with van der Waals surface area (Å²) in [5, 5.41) is 0. The van der Waals surface area contributed by atoms with Crippen LogP contribution in [-0.4, -0.2) is 5.88 Å². The van der Waals surface area contributed by atoms with E-state index >= 15 is 0 Å². The molecule has 0 aromatic rings. The van der Waals surface area contributed by atoms with Crippen LogP contribution >= 0.6 is 11.6 Å². The van der Waals surface area contributed by atoms with Crippen LogP contribution in [0.3, 0.4) is 0 Å². The van der Waals surface area contributed by atoms with Crippen molar-refractivity contribution in [2.75, 3.05) is 5.88 Å². The lowest BCUT2D eigenvalue weighted by Crippen LogP contribution is -2.18. The van der Waals surface area contributed by atoms with E-state index in [0.29, 0.717) is 0 Å². The number of hydrogen-bond acceptors (Lipinski definition) is 0. The molecule has 0 N–H and O–H groups in total. The third kappa shape index (κ3) is 2.97. The van der Waals surface area contributed by atoms with Crippen LogP contribution in [0.2, 0.25) is 0 Å². The van der Waals surface area contributed by atoms with E-state index in [9.17, 15) is 0 Å². The Balaban J connectivity index is 2.20. The van der Waals surface area contributed by atoms with Gasteiger partial charge in [0.2, 0.25) is 0 Å². The van der Waals surface area contributed by atoms with E-state index in [2.05, 4.69) is 13.8 Å². The molecule has 0 unspecified atom stereocenters. The maximum absolute atomic E-state index is 5.73. The predicted molar refractivity (Wildman–Crippen MR) is 55.6 cm³/mol. The minimum Gasteiger partial charge on any atom is -0.127 e. The van der Waals surface area contributed by atoms with Crippen molar-refractivity contribution in [1.29, 1.82) is 0 Å². The molecule has 0 radical (unpaired) electrons. The summed E-state index contributed by atoms with van der Waals surface area (Å²) >= 11 is 5.73. The van der Waals surface area contributed by atoms with Gasteiger partial charge >= 0.3 is 0 Å². The first-order valence-corrected chi connectivity index (χ1v) is 5.83. The smallest absolute Gasteiger partial charge is 0.0226 e. The fourth-order valence-electron chi connectivity index (χ4n) is 2.30. The van der Waals surface area contributed by atoms with Gasteiger partial charge < -0.3 is 0 Å². The van der Waals surface area contributed by atoms with Gasteiger partial charge in [-0.15, -0.1) is 11.6 Å². The van der Waals surface area contributed by atoms with E-state index in [-0.39, 0.29) is 0 Å². The molecule has 0 atom stereocenters. The Morgan fingerprint density at radius 2 is 1.75 bits per heavy atom. The highest BCUT2D eigenvalue weighted by Crippen LogP contribution is 2.34. The third-order valence-electron chi connectivity index (χ3n) is 3.35. The lowest BCUT2D eigenvalue weighted by atomic mass is 9.76. The number of alkyl halides is 1. The van der Waals surface area contributed by atoms with Gasteiger partial charge in [-0.25, -0.2) is 0 Å². The molecule has 1 aliphatic carbocycles. The Kier molecular flexibility index (Phi) is 4.42. The van der Waals surface area contributed by atoms with Crippen LogP contribution in [0.15, 0.2) is 0 Å². The van der Waals surface area contributed by atoms with Crippen molar-refractivity contribution in [3.05, 3.63) is 0 Å². The van der Waals surface area contributed by atoms with Crippen molar-refractivity contribution in [3.63, 3.8) is 0 Å².